The zero-order valence-electron chi connectivity index (χ0n) is 23.8. The fourth-order valence-corrected chi connectivity index (χ4v) is 3.91. The van der Waals surface area contributed by atoms with Crippen LogP contribution in [0.2, 0.25) is 0 Å². The molecule has 0 aromatic heterocycles. The fraction of sp³-hybridized carbons (Fsp3) is 0.267. The molecule has 222 valence electrons. The van der Waals surface area contributed by atoms with Gasteiger partial charge in [0.25, 0.3) is 5.91 Å². The van der Waals surface area contributed by atoms with E-state index in [0.29, 0.717) is 39.4 Å². The molecule has 12 heteroatoms. The Labute approximate surface area is 243 Å². The number of hydrogen-bond donors (Lipinski definition) is 5. The first kappa shape index (κ1) is 31.4. The molecule has 0 unspecified atom stereocenters. The summed E-state index contributed by atoms with van der Waals surface area (Å²) in [5, 5.41) is 25.1. The summed E-state index contributed by atoms with van der Waals surface area (Å²) in [6.07, 6.45) is -1.05. The molecule has 3 aromatic carbocycles. The van der Waals surface area contributed by atoms with Crippen molar-refractivity contribution >= 4 is 35.2 Å². The SMILES string of the molecule is COC(=O)/N=C(\N)c1ccc(NC(=O)c2cc(C)ccc2NCc2cc(CO)cc(OC(C)C)c2OCC(=O)O)cc1. The molecule has 0 saturated carbocycles. The third kappa shape index (κ3) is 8.70. The van der Waals surface area contributed by atoms with Crippen molar-refractivity contribution in [1.82, 2.24) is 0 Å². The van der Waals surface area contributed by atoms with Crippen molar-refractivity contribution in [2.45, 2.75) is 40.0 Å². The second-order valence-electron chi connectivity index (χ2n) is 9.49. The number of amides is 2. The summed E-state index contributed by atoms with van der Waals surface area (Å²) >= 11 is 0. The number of methoxy groups -OCH3 is 1. The molecule has 0 saturated heterocycles. The Morgan fingerprint density at radius 2 is 1.76 bits per heavy atom. The van der Waals surface area contributed by atoms with Gasteiger partial charge in [-0.1, -0.05) is 11.6 Å². The predicted molar refractivity (Wildman–Crippen MR) is 157 cm³/mol. The van der Waals surface area contributed by atoms with E-state index in [4.69, 9.17) is 15.2 Å². The molecule has 0 fully saturated rings. The summed E-state index contributed by atoms with van der Waals surface area (Å²) in [7, 11) is 1.20. The van der Waals surface area contributed by atoms with Crippen LogP contribution in [0.4, 0.5) is 16.2 Å². The number of carboxylic acid groups (broad SMARTS) is 1. The molecular weight excluding hydrogens is 544 g/mol. The van der Waals surface area contributed by atoms with Crippen LogP contribution in [0.25, 0.3) is 0 Å². The van der Waals surface area contributed by atoms with E-state index >= 15 is 0 Å². The Kier molecular flexibility index (Phi) is 10.9. The molecule has 12 nitrogen and oxygen atoms in total. The van der Waals surface area contributed by atoms with Gasteiger partial charge >= 0.3 is 12.1 Å². The Morgan fingerprint density at radius 3 is 2.38 bits per heavy atom. The van der Waals surface area contributed by atoms with Crippen LogP contribution in [0.1, 0.15) is 46.5 Å². The number of nitrogens with one attached hydrogen (secondary N) is 2. The average Bonchev–Trinajstić information content (AvgIpc) is 2.95. The van der Waals surface area contributed by atoms with Crippen LogP contribution in [-0.2, 0) is 22.7 Å². The smallest absolute Gasteiger partial charge is 0.435 e. The number of amidine groups is 1. The van der Waals surface area contributed by atoms with Crippen LogP contribution >= 0.6 is 0 Å². The number of anilines is 2. The molecule has 0 aliphatic carbocycles. The number of carbonyl (C=O) groups is 3. The van der Waals surface area contributed by atoms with E-state index in [-0.39, 0.29) is 36.7 Å². The van der Waals surface area contributed by atoms with Crippen LogP contribution < -0.4 is 25.8 Å². The second kappa shape index (κ2) is 14.5. The maximum Gasteiger partial charge on any atom is 0.435 e. The Morgan fingerprint density at radius 1 is 1.05 bits per heavy atom. The molecule has 0 atom stereocenters. The number of ether oxygens (including phenoxy) is 3. The zero-order chi connectivity index (χ0) is 30.8. The van der Waals surface area contributed by atoms with Gasteiger partial charge in [-0.2, -0.15) is 4.99 Å². The minimum absolute atomic E-state index is 0.0242. The molecule has 6 N–H and O–H groups in total. The highest BCUT2D eigenvalue weighted by molar-refractivity contribution is 6.08. The van der Waals surface area contributed by atoms with Crippen molar-refractivity contribution in [2.75, 3.05) is 24.4 Å². The Balaban J connectivity index is 1.86. The monoisotopic (exact) mass is 578 g/mol. The Bertz CT molecular complexity index is 1470. The van der Waals surface area contributed by atoms with Crippen LogP contribution in [0.5, 0.6) is 11.5 Å². The van der Waals surface area contributed by atoms with Crippen LogP contribution in [0, 0.1) is 6.92 Å². The molecular formula is C30H34N4O8. The minimum atomic E-state index is -1.15. The molecule has 0 spiro atoms. The largest absolute Gasteiger partial charge is 0.487 e. The first-order valence-corrected chi connectivity index (χ1v) is 13.0. The number of aryl methyl sites for hydroxylation is 1. The van der Waals surface area contributed by atoms with E-state index < -0.39 is 18.7 Å². The maximum absolute atomic E-state index is 13.3. The van der Waals surface area contributed by atoms with Gasteiger partial charge in [0.05, 0.1) is 25.4 Å². The first-order valence-electron chi connectivity index (χ1n) is 13.0. The van der Waals surface area contributed by atoms with E-state index in [2.05, 4.69) is 20.4 Å². The minimum Gasteiger partial charge on any atom is -0.487 e. The number of nitrogens with two attached hydrogens (primary N) is 1. The van der Waals surface area contributed by atoms with Crippen LogP contribution in [0.15, 0.2) is 59.6 Å². The lowest BCUT2D eigenvalue weighted by Crippen LogP contribution is -2.17. The number of aliphatic carboxylic acids is 1. The van der Waals surface area contributed by atoms with Gasteiger partial charge in [0.15, 0.2) is 18.1 Å². The van der Waals surface area contributed by atoms with Gasteiger partial charge in [-0.05, 0) is 74.9 Å². The number of aliphatic hydroxyl groups excluding tert-OH is 1. The molecule has 42 heavy (non-hydrogen) atoms. The fourth-order valence-electron chi connectivity index (χ4n) is 3.91. The lowest BCUT2D eigenvalue weighted by Gasteiger charge is -2.20. The predicted octanol–water partition coefficient (Wildman–Crippen LogP) is 4.07. The summed E-state index contributed by atoms with van der Waals surface area (Å²) in [6.45, 7) is 4.78. The topological polar surface area (TPSA) is 182 Å². The van der Waals surface area contributed by atoms with Gasteiger partial charge in [-0.25, -0.2) is 9.59 Å². The normalized spacial score (nSPS) is 11.1. The van der Waals surface area contributed by atoms with Crippen molar-refractivity contribution in [1.29, 1.82) is 0 Å². The number of nitrogens with zero attached hydrogens (tertiary/aromatic N) is 1. The summed E-state index contributed by atoms with van der Waals surface area (Å²) in [5.74, 6) is -1.04. The summed E-state index contributed by atoms with van der Waals surface area (Å²) in [4.78, 5) is 39.5. The lowest BCUT2D eigenvalue weighted by atomic mass is 10.1. The molecule has 0 bridgehead atoms. The number of carbonyl (C=O) groups excluding carboxylic acids is 2. The summed E-state index contributed by atoms with van der Waals surface area (Å²) in [5.41, 5.74) is 9.58. The lowest BCUT2D eigenvalue weighted by molar-refractivity contribution is -0.139. The number of benzene rings is 3. The molecule has 3 aromatic rings. The van der Waals surface area contributed by atoms with Crippen molar-refractivity contribution < 1.29 is 38.8 Å². The number of rotatable bonds is 12. The first-order chi connectivity index (χ1) is 20.0. The van der Waals surface area contributed by atoms with Crippen LogP contribution in [-0.4, -0.2) is 53.8 Å². The second-order valence-corrected chi connectivity index (χ2v) is 9.49. The van der Waals surface area contributed by atoms with Gasteiger partial charge in [-0.3, -0.25) is 4.79 Å². The molecule has 2 amide bonds. The van der Waals surface area contributed by atoms with Gasteiger partial charge < -0.3 is 40.8 Å². The highest BCUT2D eigenvalue weighted by Crippen LogP contribution is 2.35. The average molecular weight is 579 g/mol. The van der Waals surface area contributed by atoms with E-state index in [0.717, 1.165) is 5.56 Å². The molecule has 0 aliphatic rings. The van der Waals surface area contributed by atoms with Crippen molar-refractivity contribution in [3.05, 3.63) is 82.4 Å². The number of aliphatic hydroxyl groups is 1. The third-order valence-corrected chi connectivity index (χ3v) is 5.79. The zero-order valence-corrected chi connectivity index (χ0v) is 23.8. The maximum atomic E-state index is 13.3. The standard InChI is InChI=1S/C30H34N4O8/c1-17(2)42-25-13-19(15-35)12-21(27(25)41-16-26(36)37)14-32-24-10-5-18(3)11-23(24)29(38)33-22-8-6-20(7-9-22)28(31)34-30(39)40-4/h5-13,17,32,35H,14-16H2,1-4H3,(H,33,38)(H,36,37)(H2,31,34,39). The number of carboxylic acids is 1. The van der Waals surface area contributed by atoms with E-state index in [1.807, 2.05) is 26.8 Å². The molecule has 0 aliphatic heterocycles. The van der Waals surface area contributed by atoms with Crippen molar-refractivity contribution in [3.8, 4) is 11.5 Å². The van der Waals surface area contributed by atoms with Gasteiger partial charge in [0, 0.05) is 29.0 Å². The number of hydrogen-bond acceptors (Lipinski definition) is 8. The highest BCUT2D eigenvalue weighted by atomic mass is 16.5. The molecule has 0 radical (unpaired) electrons. The molecule has 3 rings (SSSR count). The quantitative estimate of drug-likeness (QED) is 0.155. The summed E-state index contributed by atoms with van der Waals surface area (Å²) in [6, 6.07) is 15.1. The van der Waals surface area contributed by atoms with E-state index in [1.54, 1.807) is 48.5 Å². The van der Waals surface area contributed by atoms with E-state index in [1.165, 1.54) is 7.11 Å². The number of aliphatic imine (C=N–C) groups is 1. The van der Waals surface area contributed by atoms with Gasteiger partial charge in [0.1, 0.15) is 5.84 Å². The van der Waals surface area contributed by atoms with Gasteiger partial charge in [0.2, 0.25) is 0 Å². The van der Waals surface area contributed by atoms with Crippen LogP contribution in [0.3, 0.4) is 0 Å². The Hall–Kier alpha value is -5.10. The molecule has 0 heterocycles. The van der Waals surface area contributed by atoms with Crippen molar-refractivity contribution in [3.63, 3.8) is 0 Å². The van der Waals surface area contributed by atoms with Gasteiger partial charge in [-0.15, -0.1) is 0 Å². The summed E-state index contributed by atoms with van der Waals surface area (Å²) < 4.78 is 15.9. The highest BCUT2D eigenvalue weighted by Gasteiger charge is 2.18. The third-order valence-electron chi connectivity index (χ3n) is 5.79. The van der Waals surface area contributed by atoms with E-state index in [9.17, 15) is 24.6 Å². The van der Waals surface area contributed by atoms with Crippen molar-refractivity contribution in [2.24, 2.45) is 10.7 Å².